The number of aliphatic imine (C=N–C) groups is 1. The Bertz CT molecular complexity index is 4120. The molecule has 2 aliphatic heterocycles. The van der Waals surface area contributed by atoms with Gasteiger partial charge in [-0.15, -0.1) is 0 Å². The van der Waals surface area contributed by atoms with E-state index < -0.39 is 11.9 Å². The largest absolute Gasteiger partial charge is 0.466 e. The molecule has 14 heteroatoms. The first-order chi connectivity index (χ1) is 41.5. The Kier molecular flexibility index (Phi) is 15.5. The summed E-state index contributed by atoms with van der Waals surface area (Å²) in [5.74, 6) is -1.45. The molecule has 0 N–H and O–H groups in total. The monoisotopic (exact) mass is 1170 g/mol. The molecule has 4 heterocycles. The van der Waals surface area contributed by atoms with Crippen LogP contribution in [0.15, 0.2) is 140 Å². The minimum absolute atomic E-state index is 0.220. The van der Waals surface area contributed by atoms with Crippen LogP contribution in [0.2, 0.25) is 0 Å². The maximum absolute atomic E-state index is 13.3. The predicted octanol–water partition coefficient (Wildman–Crippen LogP) is 12.8. The number of methoxy groups -OCH3 is 4. The number of carbonyl (C=O) groups is 4. The number of carbonyl (C=O) groups excluding carboxylic acids is 4. The lowest BCUT2D eigenvalue weighted by molar-refractivity contribution is -0.279. The van der Waals surface area contributed by atoms with Crippen LogP contribution in [0.25, 0.3) is 28.5 Å². The van der Waals surface area contributed by atoms with Crippen LogP contribution >= 0.6 is 19.3 Å². The number of halogens is 1. The first-order valence-corrected chi connectivity index (χ1v) is 32.2. The van der Waals surface area contributed by atoms with Crippen LogP contribution in [0.1, 0.15) is 168 Å². The smallest absolute Gasteiger partial charge is 0.337 e. The van der Waals surface area contributed by atoms with Crippen LogP contribution < -0.4 is 10.7 Å². The Hall–Kier alpha value is -7.66. The highest BCUT2D eigenvalue weighted by Crippen LogP contribution is 2.53. The summed E-state index contributed by atoms with van der Waals surface area (Å²) in [5.41, 5.74) is 27.0. The van der Waals surface area contributed by atoms with Gasteiger partial charge in [-0.3, -0.25) is 0 Å². The summed E-state index contributed by atoms with van der Waals surface area (Å²) in [6.07, 6.45) is 27.2. The van der Waals surface area contributed by atoms with Gasteiger partial charge in [0.25, 0.3) is 8.08 Å². The van der Waals surface area contributed by atoms with Gasteiger partial charge in [0.2, 0.25) is 11.4 Å². The summed E-state index contributed by atoms with van der Waals surface area (Å²) >= 11 is 7.81. The van der Waals surface area contributed by atoms with E-state index in [1.165, 1.54) is 73.0 Å². The summed E-state index contributed by atoms with van der Waals surface area (Å²) < 4.78 is 28.5. The molecular weight excluding hydrogens is 1100 g/mol. The van der Waals surface area contributed by atoms with Crippen molar-refractivity contribution >= 4 is 83.1 Å². The van der Waals surface area contributed by atoms with Crippen molar-refractivity contribution in [1.29, 1.82) is 0 Å². The molecule has 0 saturated carbocycles. The van der Waals surface area contributed by atoms with Gasteiger partial charge in [0.05, 0.1) is 84.2 Å². The number of allylic oxidation sites excluding steroid dienone is 11. The van der Waals surface area contributed by atoms with Gasteiger partial charge in [0, 0.05) is 46.7 Å². The molecule has 9 aliphatic rings. The van der Waals surface area contributed by atoms with Crippen molar-refractivity contribution in [2.75, 3.05) is 28.4 Å². The summed E-state index contributed by atoms with van der Waals surface area (Å²) in [7, 11) is 7.75. The minimum Gasteiger partial charge on any atom is -0.466 e. The molecule has 13 rings (SSSR count). The normalized spacial score (nSPS) is 19.4. The SMILES string of the molecule is C=Cn1c2c3c(c1=C(c1ccc(C(=O)OC)cc1)C1=NC(=C(C4=CC=C(C(=O)OC)CC4)c4c5c(c(n4C)C(c4ccc(C(=O)OC)cc4)=C4C6=C(CCCC6)C(=[N+]4PCl)C=2C2=CC=C(C(=O)OC)CC2)CCCC5)C2=C1CCCC2)CCCC3. The molecule has 0 spiro atoms. The van der Waals surface area contributed by atoms with E-state index in [-0.39, 0.29) is 20.0 Å². The first kappa shape index (κ1) is 56.5. The molecule has 7 aliphatic carbocycles. The quantitative estimate of drug-likeness (QED) is 0.0872. The number of nitrogens with zero attached hydrogens (tertiary/aromatic N) is 4. The molecule has 0 saturated heterocycles. The van der Waals surface area contributed by atoms with Gasteiger partial charge in [-0.25, -0.2) is 24.2 Å². The standard InChI is InChI=1S/C71H71ClN4O8P/c1-7-75-64-52-20-12-13-21-53(52)65(75)59(43-30-38-47(39-31-43)71(80)84-6)67-55-23-15-14-22-54(55)66(76(67)85-72)58(42-28-36-46(37-29-42)70(79)83-5)63-51-19-11-10-18-50(51)62(74(63)2)56(40-24-32-44(33-25-40)68(77)81-3)60-48-16-8-9-17-49(48)61(73-60)57(64)41-26-34-45(35-27-41)69(78)82-4/h7,24,26-30,32,34-38,85H,1,8-23,25,31,33,39H2,2-6H3/q+1. The van der Waals surface area contributed by atoms with Crippen molar-refractivity contribution in [1.82, 2.24) is 9.13 Å². The highest BCUT2D eigenvalue weighted by Gasteiger charge is 2.46. The summed E-state index contributed by atoms with van der Waals surface area (Å²) in [5, 5.41) is 2.11. The molecule has 85 heavy (non-hydrogen) atoms. The summed E-state index contributed by atoms with van der Waals surface area (Å²) in [6, 6.07) is 15.8. The van der Waals surface area contributed by atoms with Gasteiger partial charge in [0.1, 0.15) is 0 Å². The van der Waals surface area contributed by atoms with Crippen molar-refractivity contribution in [2.45, 2.75) is 128 Å². The molecule has 0 radical (unpaired) electrons. The Balaban J connectivity index is 1.30. The Morgan fingerprint density at radius 1 is 0.518 bits per heavy atom. The number of ether oxygens (including phenoxy) is 4. The van der Waals surface area contributed by atoms with E-state index in [1.54, 1.807) is 0 Å². The number of aromatic nitrogens is 2. The number of benzene rings is 2. The second-order valence-electron chi connectivity index (χ2n) is 23.5. The van der Waals surface area contributed by atoms with Gasteiger partial charge >= 0.3 is 23.9 Å². The molecular formula is C71H71ClN4O8P+. The Labute approximate surface area is 503 Å². The van der Waals surface area contributed by atoms with Crippen LogP contribution in [0.5, 0.6) is 0 Å². The summed E-state index contributed by atoms with van der Waals surface area (Å²) in [6.45, 7) is 4.74. The highest BCUT2D eigenvalue weighted by atomic mass is 35.7. The van der Waals surface area contributed by atoms with E-state index >= 15 is 0 Å². The van der Waals surface area contributed by atoms with E-state index in [1.807, 2.05) is 42.6 Å². The Morgan fingerprint density at radius 2 is 0.965 bits per heavy atom. The van der Waals surface area contributed by atoms with Gasteiger partial charge < -0.3 is 28.1 Å². The van der Waals surface area contributed by atoms with Crippen LogP contribution in [-0.4, -0.2) is 77.2 Å². The first-order valence-electron chi connectivity index (χ1n) is 30.3. The zero-order chi connectivity index (χ0) is 58.8. The highest BCUT2D eigenvalue weighted by molar-refractivity contribution is 7.63. The maximum atomic E-state index is 13.3. The second kappa shape index (κ2) is 23.3. The lowest BCUT2D eigenvalue weighted by Gasteiger charge is -2.23. The lowest BCUT2D eigenvalue weighted by atomic mass is 9.80. The predicted molar refractivity (Wildman–Crippen MR) is 336 cm³/mol. The number of rotatable bonds is 10. The number of hydrogen-bond donors (Lipinski definition) is 0. The van der Waals surface area contributed by atoms with Crippen molar-refractivity contribution in [3.63, 3.8) is 0 Å². The lowest BCUT2D eigenvalue weighted by Crippen LogP contribution is -2.33. The van der Waals surface area contributed by atoms with Crippen LogP contribution in [0.4, 0.5) is 0 Å². The third-order valence-electron chi connectivity index (χ3n) is 19.2. The van der Waals surface area contributed by atoms with Gasteiger partial charge in [-0.1, -0.05) is 55.1 Å². The topological polar surface area (TPSA) is 130 Å². The number of hydrogen-bond acceptors (Lipinski definition) is 9. The molecule has 2 aromatic heterocycles. The van der Waals surface area contributed by atoms with Gasteiger partial charge in [-0.05, 0) is 220 Å². The van der Waals surface area contributed by atoms with Crippen molar-refractivity contribution in [2.24, 2.45) is 12.0 Å². The van der Waals surface area contributed by atoms with E-state index in [9.17, 15) is 19.2 Å². The summed E-state index contributed by atoms with van der Waals surface area (Å²) in [4.78, 5) is 59.3. The van der Waals surface area contributed by atoms with Crippen molar-refractivity contribution in [3.05, 3.63) is 202 Å². The fourth-order valence-electron chi connectivity index (χ4n) is 15.3. The Morgan fingerprint density at radius 3 is 1.46 bits per heavy atom. The van der Waals surface area contributed by atoms with E-state index in [0.29, 0.717) is 48.0 Å². The van der Waals surface area contributed by atoms with E-state index in [2.05, 4.69) is 56.9 Å². The van der Waals surface area contributed by atoms with E-state index in [0.717, 1.165) is 192 Å². The zero-order valence-electron chi connectivity index (χ0n) is 49.3. The average molecular weight is 1170 g/mol. The van der Waals surface area contributed by atoms with Gasteiger partial charge in [-0.2, -0.15) is 4.35 Å². The third kappa shape index (κ3) is 9.36. The molecule has 4 aromatic rings. The van der Waals surface area contributed by atoms with Crippen molar-refractivity contribution in [3.8, 4) is 0 Å². The second-order valence-corrected chi connectivity index (χ2v) is 24.6. The number of esters is 4. The molecule has 434 valence electrons. The van der Waals surface area contributed by atoms with Crippen LogP contribution in [0, 0.1) is 0 Å². The van der Waals surface area contributed by atoms with Crippen LogP contribution in [-0.2, 0) is 61.3 Å². The van der Waals surface area contributed by atoms with Gasteiger partial charge in [0.15, 0.2) is 0 Å². The van der Waals surface area contributed by atoms with Crippen LogP contribution in [0.3, 0.4) is 0 Å². The molecule has 8 bridgehead atoms. The fraction of sp³-hybridized carbons (Fsp3) is 0.352. The molecule has 0 fully saturated rings. The maximum Gasteiger partial charge on any atom is 0.337 e. The molecule has 1 atom stereocenters. The third-order valence-corrected chi connectivity index (χ3v) is 20.3. The fourth-order valence-corrected chi connectivity index (χ4v) is 16.5. The molecule has 2 aromatic carbocycles. The molecule has 12 nitrogen and oxygen atoms in total. The van der Waals surface area contributed by atoms with Crippen molar-refractivity contribution < 1.29 is 42.5 Å². The molecule has 1 unspecified atom stereocenters. The molecule has 0 amide bonds. The zero-order valence-corrected chi connectivity index (χ0v) is 51.0. The average Bonchev–Trinajstić information content (AvgIpc) is 2.70. The van der Waals surface area contributed by atoms with E-state index in [4.69, 9.17) is 41.8 Å². The minimum atomic E-state index is -0.404.